The van der Waals surface area contributed by atoms with Gasteiger partial charge >= 0.3 is 0 Å². The molecule has 0 aliphatic carbocycles. The maximum atomic E-state index is 12.4. The topological polar surface area (TPSA) is 87.7 Å². The summed E-state index contributed by atoms with van der Waals surface area (Å²) in [5.74, 6) is -0.749. The summed E-state index contributed by atoms with van der Waals surface area (Å²) in [5, 5.41) is 0. The number of carbonyl (C=O) groups excluding carboxylic acids is 3. The highest BCUT2D eigenvalue weighted by molar-refractivity contribution is 9.10. The van der Waals surface area contributed by atoms with Crippen molar-refractivity contribution in [3.05, 3.63) is 64.1 Å². The lowest BCUT2D eigenvalue weighted by Gasteiger charge is -2.17. The van der Waals surface area contributed by atoms with Crippen LogP contribution in [0.25, 0.3) is 0 Å². The molecule has 1 fully saturated rings. The van der Waals surface area contributed by atoms with Gasteiger partial charge in [-0.2, -0.15) is 0 Å². The molecule has 1 heterocycles. The van der Waals surface area contributed by atoms with Crippen LogP contribution < -0.4 is 15.6 Å². The first-order valence-electron chi connectivity index (χ1n) is 9.82. The van der Waals surface area contributed by atoms with Gasteiger partial charge in [0, 0.05) is 25.1 Å². The molecule has 2 N–H and O–H groups in total. The maximum Gasteiger partial charge on any atom is 0.269 e. The third-order valence-corrected chi connectivity index (χ3v) is 5.38. The van der Waals surface area contributed by atoms with Crippen molar-refractivity contribution < 1.29 is 19.1 Å². The average molecular weight is 474 g/mol. The van der Waals surface area contributed by atoms with Crippen LogP contribution in [-0.2, 0) is 16.1 Å². The zero-order valence-electron chi connectivity index (χ0n) is 16.7. The second kappa shape index (κ2) is 10.2. The van der Waals surface area contributed by atoms with Crippen molar-refractivity contribution in [1.29, 1.82) is 0 Å². The summed E-state index contributed by atoms with van der Waals surface area (Å²) in [6, 6.07) is 14.6. The zero-order chi connectivity index (χ0) is 21.5. The summed E-state index contributed by atoms with van der Waals surface area (Å²) < 4.78 is 6.22. The average Bonchev–Trinajstić information content (AvgIpc) is 3.12. The molecular weight excluding hydrogens is 450 g/mol. The molecule has 1 aliphatic heterocycles. The Hall–Kier alpha value is -2.87. The van der Waals surface area contributed by atoms with Gasteiger partial charge in [-0.1, -0.05) is 37.3 Å². The number of hydrazine groups is 1. The molecule has 1 aliphatic rings. The van der Waals surface area contributed by atoms with Gasteiger partial charge in [-0.3, -0.25) is 25.2 Å². The number of benzene rings is 2. The fraction of sp³-hybridized carbons (Fsp3) is 0.318. The summed E-state index contributed by atoms with van der Waals surface area (Å²) >= 11 is 3.38. The summed E-state index contributed by atoms with van der Waals surface area (Å²) in [7, 11) is 0. The van der Waals surface area contributed by atoms with Crippen molar-refractivity contribution in [2.24, 2.45) is 5.92 Å². The molecule has 1 saturated heterocycles. The van der Waals surface area contributed by atoms with Gasteiger partial charge in [-0.25, -0.2) is 0 Å². The van der Waals surface area contributed by atoms with Crippen molar-refractivity contribution in [1.82, 2.24) is 15.8 Å². The van der Waals surface area contributed by atoms with Crippen LogP contribution in [0.15, 0.2) is 53.0 Å². The molecular formula is C22H24BrN3O4. The van der Waals surface area contributed by atoms with Gasteiger partial charge in [0.05, 0.1) is 17.0 Å². The predicted octanol–water partition coefficient (Wildman–Crippen LogP) is 3.05. The van der Waals surface area contributed by atoms with E-state index in [9.17, 15) is 14.4 Å². The van der Waals surface area contributed by atoms with Crippen LogP contribution in [0.3, 0.4) is 0 Å². The molecule has 1 unspecified atom stereocenters. The minimum absolute atomic E-state index is 0.0723. The summed E-state index contributed by atoms with van der Waals surface area (Å²) in [6.07, 6.45) is 1.01. The molecule has 3 amide bonds. The highest BCUT2D eigenvalue weighted by Crippen LogP contribution is 2.26. The van der Waals surface area contributed by atoms with Gasteiger partial charge in [0.25, 0.3) is 5.91 Å². The molecule has 0 radical (unpaired) electrons. The molecule has 158 valence electrons. The fourth-order valence-corrected chi connectivity index (χ4v) is 3.66. The normalized spacial score (nSPS) is 15.7. The quantitative estimate of drug-likeness (QED) is 0.604. The van der Waals surface area contributed by atoms with E-state index in [2.05, 4.69) is 26.8 Å². The molecule has 7 nitrogen and oxygen atoms in total. The van der Waals surface area contributed by atoms with E-state index in [-0.39, 0.29) is 18.2 Å². The summed E-state index contributed by atoms with van der Waals surface area (Å²) in [6.45, 7) is 3.39. The highest BCUT2D eigenvalue weighted by Gasteiger charge is 2.34. The van der Waals surface area contributed by atoms with Crippen molar-refractivity contribution >= 4 is 33.7 Å². The monoisotopic (exact) mass is 473 g/mol. The number of hydrogen-bond donors (Lipinski definition) is 2. The Morgan fingerprint density at radius 2 is 1.93 bits per heavy atom. The van der Waals surface area contributed by atoms with E-state index in [0.29, 0.717) is 35.5 Å². The van der Waals surface area contributed by atoms with E-state index >= 15 is 0 Å². The lowest BCUT2D eigenvalue weighted by molar-refractivity contribution is -0.129. The number of nitrogens with zero attached hydrogens (tertiary/aromatic N) is 1. The predicted molar refractivity (Wildman–Crippen MR) is 116 cm³/mol. The molecule has 8 heteroatoms. The molecule has 0 bridgehead atoms. The Kier molecular flexibility index (Phi) is 7.46. The minimum atomic E-state index is -0.502. The Balaban J connectivity index is 1.51. The van der Waals surface area contributed by atoms with E-state index in [4.69, 9.17) is 4.74 Å². The van der Waals surface area contributed by atoms with E-state index in [1.807, 2.05) is 37.3 Å². The number of hydrogen-bond acceptors (Lipinski definition) is 4. The van der Waals surface area contributed by atoms with Crippen LogP contribution in [0.4, 0.5) is 0 Å². The van der Waals surface area contributed by atoms with Gasteiger partial charge in [0.2, 0.25) is 11.8 Å². The van der Waals surface area contributed by atoms with Crippen molar-refractivity contribution in [3.8, 4) is 5.75 Å². The fourth-order valence-electron chi connectivity index (χ4n) is 3.17. The lowest BCUT2D eigenvalue weighted by atomic mass is 10.1. The lowest BCUT2D eigenvalue weighted by Crippen LogP contribution is -2.45. The summed E-state index contributed by atoms with van der Waals surface area (Å²) in [5.41, 5.74) is 6.23. The number of amides is 3. The van der Waals surface area contributed by atoms with E-state index < -0.39 is 11.8 Å². The smallest absolute Gasteiger partial charge is 0.269 e. The van der Waals surface area contributed by atoms with E-state index in [1.54, 1.807) is 23.1 Å². The van der Waals surface area contributed by atoms with Crippen LogP contribution in [-0.4, -0.2) is 35.8 Å². The number of likely N-dealkylation sites (tertiary alicyclic amines) is 1. The van der Waals surface area contributed by atoms with Gasteiger partial charge in [0.15, 0.2) is 0 Å². The van der Waals surface area contributed by atoms with Crippen LogP contribution in [0.5, 0.6) is 5.75 Å². The zero-order valence-corrected chi connectivity index (χ0v) is 18.3. The van der Waals surface area contributed by atoms with Crippen molar-refractivity contribution in [2.75, 3.05) is 13.2 Å². The molecule has 0 aromatic heterocycles. The number of rotatable bonds is 7. The van der Waals surface area contributed by atoms with Crippen molar-refractivity contribution in [2.45, 2.75) is 26.3 Å². The van der Waals surface area contributed by atoms with Crippen LogP contribution in [0.1, 0.15) is 35.7 Å². The number of nitrogens with one attached hydrogen (secondary N) is 2. The Bertz CT molecular complexity index is 920. The van der Waals surface area contributed by atoms with Crippen LogP contribution in [0.2, 0.25) is 0 Å². The molecule has 0 spiro atoms. The first-order valence-corrected chi connectivity index (χ1v) is 10.6. The van der Waals surface area contributed by atoms with Crippen molar-refractivity contribution in [3.63, 3.8) is 0 Å². The summed E-state index contributed by atoms with van der Waals surface area (Å²) in [4.78, 5) is 38.7. The molecule has 2 aromatic carbocycles. The Morgan fingerprint density at radius 3 is 2.63 bits per heavy atom. The molecule has 0 saturated carbocycles. The molecule has 1 atom stereocenters. The first-order chi connectivity index (χ1) is 14.5. The molecule has 3 rings (SSSR count). The van der Waals surface area contributed by atoms with Gasteiger partial charge in [-0.15, -0.1) is 0 Å². The van der Waals surface area contributed by atoms with E-state index in [1.165, 1.54) is 0 Å². The van der Waals surface area contributed by atoms with Crippen LogP contribution >= 0.6 is 15.9 Å². The van der Waals surface area contributed by atoms with Gasteiger partial charge < -0.3 is 9.64 Å². The third-order valence-electron chi connectivity index (χ3n) is 4.76. The number of ether oxygens (including phenoxy) is 1. The minimum Gasteiger partial charge on any atom is -0.492 e. The Labute approximate surface area is 183 Å². The highest BCUT2D eigenvalue weighted by atomic mass is 79.9. The number of carbonyl (C=O) groups is 3. The third kappa shape index (κ3) is 5.60. The van der Waals surface area contributed by atoms with E-state index in [0.717, 1.165) is 12.0 Å². The second-order valence-corrected chi connectivity index (χ2v) is 7.95. The van der Waals surface area contributed by atoms with Crippen LogP contribution in [0, 0.1) is 5.92 Å². The second-order valence-electron chi connectivity index (χ2n) is 7.10. The number of halogens is 1. The molecule has 30 heavy (non-hydrogen) atoms. The van der Waals surface area contributed by atoms with Gasteiger partial charge in [0.1, 0.15) is 5.75 Å². The standard InChI is InChI=1S/C22H24BrN3O4/c1-2-10-30-19-9-8-16(11-18(19)23)21(28)24-25-22(29)17-12-20(27)26(14-17)13-15-6-4-3-5-7-15/h3-9,11,17H,2,10,12-14H2,1H3,(H,24,28)(H,25,29). The van der Waals surface area contributed by atoms with Gasteiger partial charge in [-0.05, 0) is 46.1 Å². The first kappa shape index (κ1) is 21.8. The maximum absolute atomic E-state index is 12.4. The largest absolute Gasteiger partial charge is 0.492 e. The molecule has 2 aromatic rings. The SMILES string of the molecule is CCCOc1ccc(C(=O)NNC(=O)C2CC(=O)N(Cc3ccccc3)C2)cc1Br. The Morgan fingerprint density at radius 1 is 1.17 bits per heavy atom.